The zero-order valence-electron chi connectivity index (χ0n) is 7.59. The second kappa shape index (κ2) is 4.18. The van der Waals surface area contributed by atoms with E-state index in [0.717, 1.165) is 0 Å². The Bertz CT molecular complexity index is 217. The van der Waals surface area contributed by atoms with Crippen LogP contribution in [-0.4, -0.2) is 31.6 Å². The van der Waals surface area contributed by atoms with Gasteiger partial charge in [0.05, 0.1) is 0 Å². The lowest BCUT2D eigenvalue weighted by Gasteiger charge is -2.20. The minimum Gasteiger partial charge on any atom is -0.311 e. The smallest absolute Gasteiger partial charge is 0.311 e. The van der Waals surface area contributed by atoms with Crippen molar-refractivity contribution in [2.45, 2.75) is 26.3 Å². The van der Waals surface area contributed by atoms with Gasteiger partial charge in [-0.15, -0.1) is 0 Å². The maximum absolute atomic E-state index is 10.2. The van der Waals surface area contributed by atoms with E-state index in [4.69, 9.17) is 4.55 Å². The quantitative estimate of drug-likeness (QED) is 0.428. The van der Waals surface area contributed by atoms with Crippen molar-refractivity contribution in [1.29, 1.82) is 0 Å². The molecule has 0 amide bonds. The lowest BCUT2D eigenvalue weighted by molar-refractivity contribution is 0.421. The van der Waals surface area contributed by atoms with Crippen LogP contribution in [0.2, 0.25) is 0 Å². The predicted octanol–water partition coefficient (Wildman–Crippen LogP) is -0.233. The minimum atomic E-state index is -4.03. The monoisotopic (exact) mass is 196 g/mol. The maximum atomic E-state index is 10.2. The molecule has 0 atom stereocenters. The number of rotatable bonds is 4. The van der Waals surface area contributed by atoms with Crippen molar-refractivity contribution in [3.8, 4) is 0 Å². The van der Waals surface area contributed by atoms with Crippen molar-refractivity contribution in [3.05, 3.63) is 0 Å². The topological polar surface area (TPSA) is 78.4 Å². The summed E-state index contributed by atoms with van der Waals surface area (Å²) in [5.41, 5.74) is -0.0408. The highest BCUT2D eigenvalue weighted by molar-refractivity contribution is 7.83. The first-order valence-electron chi connectivity index (χ1n) is 3.68. The van der Waals surface area contributed by atoms with Gasteiger partial charge >= 0.3 is 10.3 Å². The van der Waals surface area contributed by atoms with E-state index in [-0.39, 0.29) is 12.1 Å². The van der Waals surface area contributed by atoms with E-state index in [0.29, 0.717) is 6.54 Å². The summed E-state index contributed by atoms with van der Waals surface area (Å²) >= 11 is 0. The van der Waals surface area contributed by atoms with E-state index in [1.54, 1.807) is 0 Å². The van der Waals surface area contributed by atoms with Crippen LogP contribution in [-0.2, 0) is 10.3 Å². The average molecular weight is 196 g/mol. The molecule has 0 aliphatic carbocycles. The van der Waals surface area contributed by atoms with Gasteiger partial charge in [-0.25, -0.2) is 0 Å². The molecule has 0 fully saturated rings. The average Bonchev–Trinajstić information content (AvgIpc) is 1.76. The molecule has 0 aliphatic heterocycles. The van der Waals surface area contributed by atoms with Crippen LogP contribution in [0.5, 0.6) is 0 Å². The van der Waals surface area contributed by atoms with Crippen LogP contribution >= 0.6 is 0 Å². The van der Waals surface area contributed by atoms with E-state index in [2.05, 4.69) is 5.32 Å². The summed E-state index contributed by atoms with van der Waals surface area (Å²) in [6.07, 6.45) is 0. The Morgan fingerprint density at radius 2 is 1.75 bits per heavy atom. The third kappa shape index (κ3) is 9.83. The summed E-state index contributed by atoms with van der Waals surface area (Å²) in [6, 6.07) is 0. The predicted molar refractivity (Wildman–Crippen MR) is 47.3 cm³/mol. The molecule has 0 aromatic carbocycles. The molecular formula is C6H16N2O3S. The van der Waals surface area contributed by atoms with Crippen molar-refractivity contribution in [2.24, 2.45) is 0 Å². The van der Waals surface area contributed by atoms with Crippen LogP contribution in [0.4, 0.5) is 0 Å². The third-order valence-corrected chi connectivity index (χ3v) is 1.63. The van der Waals surface area contributed by atoms with Crippen LogP contribution < -0.4 is 10.0 Å². The second-order valence-corrected chi connectivity index (χ2v) is 4.78. The SMILES string of the molecule is CC(C)(C)NCCNS(=O)(=O)O. The lowest BCUT2D eigenvalue weighted by Crippen LogP contribution is -2.41. The van der Waals surface area contributed by atoms with Gasteiger partial charge in [-0.05, 0) is 20.8 Å². The molecule has 0 radical (unpaired) electrons. The summed E-state index contributed by atoms with van der Waals surface area (Å²) in [4.78, 5) is 0. The molecule has 5 nitrogen and oxygen atoms in total. The van der Waals surface area contributed by atoms with E-state index in [9.17, 15) is 8.42 Å². The van der Waals surface area contributed by atoms with Gasteiger partial charge < -0.3 is 5.32 Å². The normalized spacial score (nSPS) is 13.3. The Morgan fingerprint density at radius 1 is 1.25 bits per heavy atom. The first kappa shape index (κ1) is 11.8. The van der Waals surface area contributed by atoms with E-state index < -0.39 is 10.3 Å². The molecule has 0 bridgehead atoms. The lowest BCUT2D eigenvalue weighted by atomic mass is 10.1. The molecule has 0 rings (SSSR count). The Kier molecular flexibility index (Phi) is 4.12. The molecule has 0 heterocycles. The van der Waals surface area contributed by atoms with Crippen LogP contribution in [0, 0.1) is 0 Å². The summed E-state index contributed by atoms with van der Waals surface area (Å²) in [5.74, 6) is 0. The van der Waals surface area contributed by atoms with Gasteiger partial charge in [-0.1, -0.05) is 0 Å². The van der Waals surface area contributed by atoms with Gasteiger partial charge in [0.25, 0.3) is 0 Å². The van der Waals surface area contributed by atoms with Crippen LogP contribution in [0.15, 0.2) is 0 Å². The van der Waals surface area contributed by atoms with Gasteiger partial charge in [0, 0.05) is 18.6 Å². The summed E-state index contributed by atoms with van der Waals surface area (Å²) in [6.45, 7) is 6.60. The van der Waals surface area contributed by atoms with Crippen LogP contribution in [0.25, 0.3) is 0 Å². The van der Waals surface area contributed by atoms with E-state index in [1.807, 2.05) is 25.5 Å². The third-order valence-electron chi connectivity index (χ3n) is 1.06. The van der Waals surface area contributed by atoms with Gasteiger partial charge in [-0.2, -0.15) is 13.1 Å². The minimum absolute atomic E-state index is 0.0408. The molecule has 0 saturated heterocycles. The van der Waals surface area contributed by atoms with Crippen molar-refractivity contribution in [1.82, 2.24) is 10.0 Å². The molecule has 12 heavy (non-hydrogen) atoms. The van der Waals surface area contributed by atoms with Crippen molar-refractivity contribution >= 4 is 10.3 Å². The van der Waals surface area contributed by atoms with Crippen LogP contribution in [0.1, 0.15) is 20.8 Å². The number of hydrogen-bond donors (Lipinski definition) is 3. The molecule has 6 heteroatoms. The van der Waals surface area contributed by atoms with Crippen molar-refractivity contribution in [2.75, 3.05) is 13.1 Å². The van der Waals surface area contributed by atoms with Gasteiger partial charge in [0.1, 0.15) is 0 Å². The Hall–Kier alpha value is -0.170. The van der Waals surface area contributed by atoms with Crippen LogP contribution in [0.3, 0.4) is 0 Å². The molecule has 0 unspecified atom stereocenters. The van der Waals surface area contributed by atoms with Gasteiger partial charge in [0.15, 0.2) is 0 Å². The van der Waals surface area contributed by atoms with E-state index in [1.165, 1.54) is 0 Å². The molecule has 0 aromatic rings. The fourth-order valence-electron chi connectivity index (χ4n) is 0.618. The molecule has 3 N–H and O–H groups in total. The zero-order chi connectivity index (χ0) is 9.83. The largest absolute Gasteiger partial charge is 0.333 e. The first-order valence-corrected chi connectivity index (χ1v) is 5.12. The van der Waals surface area contributed by atoms with E-state index >= 15 is 0 Å². The Labute approximate surface area is 73.4 Å². The van der Waals surface area contributed by atoms with Gasteiger partial charge in [-0.3, -0.25) is 4.55 Å². The summed E-state index contributed by atoms with van der Waals surface area (Å²) < 4.78 is 30.6. The summed E-state index contributed by atoms with van der Waals surface area (Å²) in [7, 11) is -4.03. The summed E-state index contributed by atoms with van der Waals surface area (Å²) in [5, 5.41) is 3.06. The Balaban J connectivity index is 3.48. The molecular weight excluding hydrogens is 180 g/mol. The standard InChI is InChI=1S/C6H16N2O3S/c1-6(2,3)7-4-5-8-12(9,10)11/h7-8H,4-5H2,1-3H3,(H,9,10,11). The zero-order valence-corrected chi connectivity index (χ0v) is 8.40. The number of hydrogen-bond acceptors (Lipinski definition) is 3. The maximum Gasteiger partial charge on any atom is 0.333 e. The van der Waals surface area contributed by atoms with Gasteiger partial charge in [0.2, 0.25) is 0 Å². The molecule has 0 saturated carbocycles. The molecule has 0 aliphatic rings. The Morgan fingerprint density at radius 3 is 2.08 bits per heavy atom. The van der Waals surface area contributed by atoms with Crippen molar-refractivity contribution in [3.63, 3.8) is 0 Å². The molecule has 0 spiro atoms. The highest BCUT2D eigenvalue weighted by Gasteiger charge is 2.08. The highest BCUT2D eigenvalue weighted by Crippen LogP contribution is 1.96. The molecule has 74 valence electrons. The molecule has 0 aromatic heterocycles. The number of nitrogens with one attached hydrogen (secondary N) is 2. The highest BCUT2D eigenvalue weighted by atomic mass is 32.2. The first-order chi connectivity index (χ1) is 5.21. The second-order valence-electron chi connectivity index (χ2n) is 3.55. The fraction of sp³-hybridized carbons (Fsp3) is 1.00. The van der Waals surface area contributed by atoms with Crippen molar-refractivity contribution < 1.29 is 13.0 Å². The fourth-order valence-corrected chi connectivity index (χ4v) is 0.978.